The van der Waals surface area contributed by atoms with Crippen LogP contribution >= 0.6 is 0 Å². The van der Waals surface area contributed by atoms with Crippen molar-refractivity contribution in [2.45, 2.75) is 101 Å². The van der Waals surface area contributed by atoms with Gasteiger partial charge in [0.1, 0.15) is 0 Å². The molecule has 0 heterocycles. The van der Waals surface area contributed by atoms with E-state index in [0.29, 0.717) is 11.3 Å². The third-order valence-electron chi connectivity index (χ3n) is 8.43. The predicted molar refractivity (Wildman–Crippen MR) is 181 cm³/mol. The predicted octanol–water partition coefficient (Wildman–Crippen LogP) is 12.5. The lowest BCUT2D eigenvalue weighted by atomic mass is 9.68. The summed E-state index contributed by atoms with van der Waals surface area (Å²) in [6, 6.07) is 0. The molecule has 2 aliphatic rings. The summed E-state index contributed by atoms with van der Waals surface area (Å²) in [6.45, 7) is 22.9. The Morgan fingerprint density at radius 1 is 0.725 bits per heavy atom. The Labute approximate surface area is 247 Å². The summed E-state index contributed by atoms with van der Waals surface area (Å²) in [7, 11) is 0. The summed E-state index contributed by atoms with van der Waals surface area (Å²) in [5.74, 6) is 0.537. The average molecular weight is 537 g/mol. The first-order chi connectivity index (χ1) is 18.8. The Hall–Kier alpha value is -2.86. The van der Waals surface area contributed by atoms with Crippen molar-refractivity contribution >= 4 is 0 Å². The smallest absolute Gasteiger partial charge is 0.00284 e. The number of rotatable bonds is 10. The van der Waals surface area contributed by atoms with Gasteiger partial charge in [0.2, 0.25) is 0 Å². The maximum absolute atomic E-state index is 2.40. The fraction of sp³-hybridized carbons (Fsp3) is 0.450. The molecule has 0 radical (unpaired) electrons. The van der Waals surface area contributed by atoms with Crippen LogP contribution in [0.3, 0.4) is 0 Å². The van der Waals surface area contributed by atoms with Crippen molar-refractivity contribution in [3.05, 3.63) is 130 Å². The van der Waals surface area contributed by atoms with Crippen molar-refractivity contribution in [3.63, 3.8) is 0 Å². The Bertz CT molecular complexity index is 1200. The zero-order valence-corrected chi connectivity index (χ0v) is 27.3. The van der Waals surface area contributed by atoms with Gasteiger partial charge in [0.05, 0.1) is 0 Å². The molecule has 0 fully saturated rings. The molecule has 0 saturated carbocycles. The zero-order valence-electron chi connectivity index (χ0n) is 27.3. The van der Waals surface area contributed by atoms with Crippen LogP contribution in [0.15, 0.2) is 130 Å². The van der Waals surface area contributed by atoms with E-state index in [1.807, 2.05) is 0 Å². The Morgan fingerprint density at radius 2 is 1.32 bits per heavy atom. The first-order valence-corrected chi connectivity index (χ1v) is 15.3. The van der Waals surface area contributed by atoms with Gasteiger partial charge in [-0.25, -0.2) is 0 Å². The maximum Gasteiger partial charge on any atom is 0.00284 e. The Kier molecular flexibility index (Phi) is 13.2. The molecule has 0 spiro atoms. The Balaban J connectivity index is 1.87. The van der Waals surface area contributed by atoms with E-state index in [0.717, 1.165) is 0 Å². The quantitative estimate of drug-likeness (QED) is 0.192. The van der Waals surface area contributed by atoms with Crippen LogP contribution in [0.4, 0.5) is 0 Å². The highest BCUT2D eigenvalue weighted by Crippen LogP contribution is 2.44. The molecule has 2 rings (SSSR count). The molecule has 40 heavy (non-hydrogen) atoms. The summed E-state index contributed by atoms with van der Waals surface area (Å²) in [5, 5.41) is 0. The fourth-order valence-corrected chi connectivity index (χ4v) is 6.33. The average Bonchev–Trinajstić information content (AvgIpc) is 2.84. The van der Waals surface area contributed by atoms with Gasteiger partial charge in [-0.1, -0.05) is 147 Å². The van der Waals surface area contributed by atoms with E-state index in [1.54, 1.807) is 11.1 Å². The summed E-state index contributed by atoms with van der Waals surface area (Å²) < 4.78 is 0. The highest BCUT2D eigenvalue weighted by Gasteiger charge is 2.30. The van der Waals surface area contributed by atoms with Crippen LogP contribution in [0.5, 0.6) is 0 Å². The van der Waals surface area contributed by atoms with Crippen LogP contribution < -0.4 is 0 Å². The van der Waals surface area contributed by atoms with Crippen molar-refractivity contribution in [3.8, 4) is 0 Å². The van der Waals surface area contributed by atoms with E-state index in [-0.39, 0.29) is 5.41 Å². The van der Waals surface area contributed by atoms with Crippen molar-refractivity contribution in [2.24, 2.45) is 16.7 Å². The monoisotopic (exact) mass is 536 g/mol. The van der Waals surface area contributed by atoms with Crippen LogP contribution in [0, 0.1) is 16.7 Å². The largest absolute Gasteiger partial charge is 0.0850 e. The van der Waals surface area contributed by atoms with E-state index in [2.05, 4.69) is 160 Å². The number of hydrogen-bond donors (Lipinski definition) is 0. The minimum Gasteiger partial charge on any atom is -0.0850 e. The van der Waals surface area contributed by atoms with Gasteiger partial charge in [0.15, 0.2) is 0 Å². The van der Waals surface area contributed by atoms with E-state index < -0.39 is 0 Å². The second-order valence-corrected chi connectivity index (χ2v) is 13.3. The zero-order chi connectivity index (χ0) is 29.8. The van der Waals surface area contributed by atoms with Crippen LogP contribution in [0.1, 0.15) is 101 Å². The van der Waals surface area contributed by atoms with Crippen molar-refractivity contribution in [1.82, 2.24) is 0 Å². The molecule has 0 heteroatoms. The molecular formula is C40H56. The summed E-state index contributed by atoms with van der Waals surface area (Å²) in [5.41, 5.74) is 10.4. The van der Waals surface area contributed by atoms with Gasteiger partial charge in [-0.2, -0.15) is 0 Å². The number of hydrogen-bond acceptors (Lipinski definition) is 0. The molecule has 0 saturated heterocycles. The van der Waals surface area contributed by atoms with Gasteiger partial charge < -0.3 is 0 Å². The standard InChI is InChI=1S/C40H56/c1-31(20-13-11-12-14-27-37-34(4)25-18-28-39(37,7)8)21-15-16-22-32(2)23-17-24-33(3)30-36(6)38-35(5)26-19-29-40(38,9)10/h11-17,20-25,27,30,37H,18-19,26,28-29H2,1-10H3/b12-11+,16-15+,20-13+,23-17+,27-14+,31-21+,32-22+,33-24+,36-30+. The first kappa shape index (κ1) is 33.3. The second-order valence-electron chi connectivity index (χ2n) is 13.3. The normalized spacial score (nSPS) is 23.6. The van der Waals surface area contributed by atoms with Gasteiger partial charge in [0.25, 0.3) is 0 Å². The van der Waals surface area contributed by atoms with Crippen LogP contribution in [-0.4, -0.2) is 0 Å². The third kappa shape index (κ3) is 11.0. The molecule has 0 aliphatic heterocycles. The molecule has 0 N–H and O–H groups in total. The van der Waals surface area contributed by atoms with Crippen molar-refractivity contribution in [2.75, 3.05) is 0 Å². The van der Waals surface area contributed by atoms with Crippen LogP contribution in [0.25, 0.3) is 0 Å². The summed E-state index contributed by atoms with van der Waals surface area (Å²) >= 11 is 0. The summed E-state index contributed by atoms with van der Waals surface area (Å²) in [4.78, 5) is 0. The minimum absolute atomic E-state index is 0.282. The van der Waals surface area contributed by atoms with Crippen molar-refractivity contribution in [1.29, 1.82) is 0 Å². The van der Waals surface area contributed by atoms with Crippen LogP contribution in [-0.2, 0) is 0 Å². The Morgan fingerprint density at radius 3 is 1.95 bits per heavy atom. The van der Waals surface area contributed by atoms with Gasteiger partial charge >= 0.3 is 0 Å². The molecule has 216 valence electrons. The van der Waals surface area contributed by atoms with Gasteiger partial charge in [0, 0.05) is 5.92 Å². The minimum atomic E-state index is 0.282. The SMILES string of the molecule is CC1=CCCC(C)(C)C1/C=C/C=C/C=C/C(C)=C/C=C/C=C(C)/C=C/C=C(C)/C=C(\C)C1=C(C)CCCC1(C)C. The van der Waals surface area contributed by atoms with Crippen LogP contribution in [0.2, 0.25) is 0 Å². The topological polar surface area (TPSA) is 0 Å². The third-order valence-corrected chi connectivity index (χ3v) is 8.43. The fourth-order valence-electron chi connectivity index (χ4n) is 6.33. The molecular weight excluding hydrogens is 480 g/mol. The lowest BCUT2D eigenvalue weighted by Crippen LogP contribution is -2.26. The first-order valence-electron chi connectivity index (χ1n) is 15.3. The number of allylic oxidation sites excluding steroid dienone is 22. The van der Waals surface area contributed by atoms with E-state index >= 15 is 0 Å². The van der Waals surface area contributed by atoms with Gasteiger partial charge in [-0.3, -0.25) is 0 Å². The highest BCUT2D eigenvalue weighted by atomic mass is 14.4. The molecule has 0 amide bonds. The molecule has 0 bridgehead atoms. The maximum atomic E-state index is 2.40. The lowest BCUT2D eigenvalue weighted by molar-refractivity contribution is 0.255. The molecule has 0 aromatic heterocycles. The molecule has 1 atom stereocenters. The molecule has 2 aliphatic carbocycles. The van der Waals surface area contributed by atoms with E-state index in [4.69, 9.17) is 0 Å². The lowest BCUT2D eigenvalue weighted by Gasteiger charge is -2.36. The van der Waals surface area contributed by atoms with Crippen molar-refractivity contribution < 1.29 is 0 Å². The van der Waals surface area contributed by atoms with E-state index in [1.165, 1.54) is 60.0 Å². The highest BCUT2D eigenvalue weighted by molar-refractivity contribution is 5.43. The molecule has 1 unspecified atom stereocenters. The molecule has 0 nitrogen and oxygen atoms in total. The van der Waals surface area contributed by atoms with Gasteiger partial charge in [-0.05, 0) is 95.6 Å². The van der Waals surface area contributed by atoms with E-state index in [9.17, 15) is 0 Å². The summed E-state index contributed by atoms with van der Waals surface area (Å²) in [6.07, 6.45) is 39.2. The molecule has 0 aromatic rings. The molecule has 0 aromatic carbocycles. The van der Waals surface area contributed by atoms with Gasteiger partial charge in [-0.15, -0.1) is 0 Å². The second kappa shape index (κ2) is 15.8.